The maximum atomic E-state index is 13.0. The van der Waals surface area contributed by atoms with Crippen LogP contribution in [0.1, 0.15) is 20.8 Å². The van der Waals surface area contributed by atoms with Crippen molar-refractivity contribution in [1.82, 2.24) is 13.5 Å². The van der Waals surface area contributed by atoms with E-state index in [1.807, 2.05) is 49.9 Å². The molecule has 2 fully saturated rings. The van der Waals surface area contributed by atoms with Gasteiger partial charge in [-0.25, -0.2) is 0 Å². The first-order valence-electron chi connectivity index (χ1n) is 9.88. The minimum atomic E-state index is -3.52. The van der Waals surface area contributed by atoms with Gasteiger partial charge in [0.1, 0.15) is 0 Å². The van der Waals surface area contributed by atoms with Crippen LogP contribution in [0.3, 0.4) is 0 Å². The molecular formula is C19H29BrN4O4S. The van der Waals surface area contributed by atoms with Gasteiger partial charge in [0.05, 0.1) is 18.2 Å². The summed E-state index contributed by atoms with van der Waals surface area (Å²) in [6.45, 7) is 8.16. The Bertz CT molecular complexity index is 802. The molecule has 0 aliphatic carbocycles. The zero-order valence-electron chi connectivity index (χ0n) is 17.0. The highest BCUT2D eigenvalue weighted by Gasteiger charge is 2.37. The smallest absolute Gasteiger partial charge is 0.282 e. The topological polar surface area (TPSA) is 82.2 Å². The predicted molar refractivity (Wildman–Crippen MR) is 116 cm³/mol. The van der Waals surface area contributed by atoms with Crippen LogP contribution in [0.25, 0.3) is 0 Å². The summed E-state index contributed by atoms with van der Waals surface area (Å²) in [6, 6.07) is 7.08. The van der Waals surface area contributed by atoms with E-state index in [1.165, 1.54) is 8.61 Å². The molecule has 0 bridgehead atoms. The maximum Gasteiger partial charge on any atom is 0.282 e. The molecule has 0 radical (unpaired) electrons. The Hall–Kier alpha value is -1.04. The zero-order chi connectivity index (χ0) is 21.2. The summed E-state index contributed by atoms with van der Waals surface area (Å²) in [5, 5.41) is 2.91. The Morgan fingerprint density at radius 1 is 1.07 bits per heavy atom. The van der Waals surface area contributed by atoms with E-state index in [2.05, 4.69) is 21.2 Å². The van der Waals surface area contributed by atoms with Gasteiger partial charge in [0.15, 0.2) is 0 Å². The zero-order valence-corrected chi connectivity index (χ0v) is 19.4. The molecule has 29 heavy (non-hydrogen) atoms. The van der Waals surface area contributed by atoms with Crippen LogP contribution in [-0.4, -0.2) is 85.4 Å². The second-order valence-corrected chi connectivity index (χ2v) is 10.5. The molecule has 0 aromatic heterocycles. The van der Waals surface area contributed by atoms with E-state index >= 15 is 0 Å². The number of amides is 1. The highest BCUT2D eigenvalue weighted by Crippen LogP contribution is 2.20. The summed E-state index contributed by atoms with van der Waals surface area (Å²) >= 11 is 3.37. The first-order chi connectivity index (χ1) is 13.7. The fraction of sp³-hybridized carbons (Fsp3) is 0.632. The Balaban J connectivity index is 1.55. The van der Waals surface area contributed by atoms with Crippen LogP contribution in [0.15, 0.2) is 28.7 Å². The van der Waals surface area contributed by atoms with Crippen molar-refractivity contribution in [2.45, 2.75) is 39.0 Å². The van der Waals surface area contributed by atoms with Crippen LogP contribution in [0, 0.1) is 0 Å². The molecule has 1 aromatic rings. The van der Waals surface area contributed by atoms with E-state index in [9.17, 15) is 13.2 Å². The van der Waals surface area contributed by atoms with Gasteiger partial charge in [0.25, 0.3) is 10.2 Å². The molecule has 1 N–H and O–H groups in total. The highest BCUT2D eigenvalue weighted by molar-refractivity contribution is 9.10. The summed E-state index contributed by atoms with van der Waals surface area (Å²) in [6.07, 6.45) is -0.228. The monoisotopic (exact) mass is 488 g/mol. The van der Waals surface area contributed by atoms with Gasteiger partial charge in [0, 0.05) is 49.4 Å². The third-order valence-electron chi connectivity index (χ3n) is 5.35. The first-order valence-corrected chi connectivity index (χ1v) is 12.1. The Labute approximate surface area is 181 Å². The second kappa shape index (κ2) is 9.40. The molecule has 1 aromatic carbocycles. The number of hydrogen-bond donors (Lipinski definition) is 1. The molecule has 3 atom stereocenters. The molecule has 2 heterocycles. The van der Waals surface area contributed by atoms with E-state index in [4.69, 9.17) is 4.74 Å². The number of anilines is 1. The molecule has 3 unspecified atom stereocenters. The maximum absolute atomic E-state index is 13.0. The van der Waals surface area contributed by atoms with E-state index < -0.39 is 10.2 Å². The standard InChI is InChI=1S/C19H29BrN4O4S/c1-14-12-24(13-15(2)28-14)29(26,27)23-10-8-22(9-11-23)16(3)19(25)21-18-6-4-17(20)5-7-18/h4-7,14-16H,8-13H2,1-3H3,(H,21,25). The van der Waals surface area contributed by atoms with Gasteiger partial charge in [-0.15, -0.1) is 0 Å². The van der Waals surface area contributed by atoms with Gasteiger partial charge in [-0.2, -0.15) is 17.0 Å². The number of piperazine rings is 1. The summed E-state index contributed by atoms with van der Waals surface area (Å²) in [5.41, 5.74) is 0.738. The molecule has 1 amide bonds. The van der Waals surface area contributed by atoms with E-state index in [-0.39, 0.29) is 24.2 Å². The molecule has 2 saturated heterocycles. The number of nitrogens with zero attached hydrogens (tertiary/aromatic N) is 3. The lowest BCUT2D eigenvalue weighted by atomic mass is 10.2. The minimum Gasteiger partial charge on any atom is -0.373 e. The number of benzene rings is 1. The van der Waals surface area contributed by atoms with Crippen molar-refractivity contribution in [3.05, 3.63) is 28.7 Å². The fourth-order valence-electron chi connectivity index (χ4n) is 3.75. The van der Waals surface area contributed by atoms with Crippen molar-refractivity contribution in [2.75, 3.05) is 44.6 Å². The third-order valence-corrected chi connectivity index (χ3v) is 7.85. The lowest BCUT2D eigenvalue weighted by Crippen LogP contribution is -2.58. The summed E-state index contributed by atoms with van der Waals surface area (Å²) in [5.74, 6) is -0.0977. The van der Waals surface area contributed by atoms with Crippen LogP contribution in [0.5, 0.6) is 0 Å². The summed E-state index contributed by atoms with van der Waals surface area (Å²) in [7, 11) is -3.52. The van der Waals surface area contributed by atoms with Crippen molar-refractivity contribution < 1.29 is 17.9 Å². The van der Waals surface area contributed by atoms with E-state index in [0.717, 1.165) is 10.2 Å². The van der Waals surface area contributed by atoms with Gasteiger partial charge in [-0.3, -0.25) is 9.69 Å². The van der Waals surface area contributed by atoms with Crippen molar-refractivity contribution >= 4 is 37.7 Å². The molecule has 2 aliphatic heterocycles. The number of morpholine rings is 1. The van der Waals surface area contributed by atoms with Crippen LogP contribution >= 0.6 is 15.9 Å². The average Bonchev–Trinajstić information content (AvgIpc) is 2.68. The first kappa shape index (κ1) is 22.6. The van der Waals surface area contributed by atoms with Gasteiger partial charge in [-0.1, -0.05) is 15.9 Å². The number of ether oxygens (including phenoxy) is 1. The Morgan fingerprint density at radius 2 is 1.62 bits per heavy atom. The number of carbonyl (C=O) groups is 1. The second-order valence-electron chi connectivity index (χ2n) is 7.69. The lowest BCUT2D eigenvalue weighted by molar-refractivity contribution is -0.121. The number of rotatable bonds is 5. The van der Waals surface area contributed by atoms with Gasteiger partial charge < -0.3 is 10.1 Å². The number of halogens is 1. The number of hydrogen-bond acceptors (Lipinski definition) is 5. The van der Waals surface area contributed by atoms with Crippen LogP contribution in [0.2, 0.25) is 0 Å². The summed E-state index contributed by atoms with van der Waals surface area (Å²) < 4.78 is 35.6. The third kappa shape index (κ3) is 5.56. The van der Waals surface area contributed by atoms with Crippen LogP contribution < -0.4 is 5.32 Å². The molecule has 3 rings (SSSR count). The fourth-order valence-corrected chi connectivity index (χ4v) is 5.76. The molecule has 162 valence electrons. The lowest BCUT2D eigenvalue weighted by Gasteiger charge is -2.41. The molecule has 0 spiro atoms. The summed E-state index contributed by atoms with van der Waals surface area (Å²) in [4.78, 5) is 14.6. The average molecular weight is 489 g/mol. The minimum absolute atomic E-state index is 0.0977. The van der Waals surface area contributed by atoms with Gasteiger partial charge in [-0.05, 0) is 45.0 Å². The van der Waals surface area contributed by atoms with Gasteiger partial charge in [0.2, 0.25) is 5.91 Å². The van der Waals surface area contributed by atoms with Crippen molar-refractivity contribution in [2.24, 2.45) is 0 Å². The largest absolute Gasteiger partial charge is 0.373 e. The molecule has 8 nitrogen and oxygen atoms in total. The highest BCUT2D eigenvalue weighted by atomic mass is 79.9. The predicted octanol–water partition coefficient (Wildman–Crippen LogP) is 1.75. The van der Waals surface area contributed by atoms with Crippen molar-refractivity contribution in [3.63, 3.8) is 0 Å². The SMILES string of the molecule is CC1CN(S(=O)(=O)N2CCN(C(C)C(=O)Nc3ccc(Br)cc3)CC2)CC(C)O1. The molecule has 2 aliphatic rings. The molecule has 0 saturated carbocycles. The van der Waals surface area contributed by atoms with Gasteiger partial charge >= 0.3 is 0 Å². The Morgan fingerprint density at radius 3 is 2.17 bits per heavy atom. The Kier molecular flexibility index (Phi) is 7.34. The van der Waals surface area contributed by atoms with E-state index in [1.54, 1.807) is 0 Å². The van der Waals surface area contributed by atoms with Crippen molar-refractivity contribution in [3.8, 4) is 0 Å². The van der Waals surface area contributed by atoms with Crippen LogP contribution in [-0.2, 0) is 19.7 Å². The molecular weight excluding hydrogens is 460 g/mol. The quantitative estimate of drug-likeness (QED) is 0.682. The number of nitrogens with one attached hydrogen (secondary N) is 1. The normalized spacial score (nSPS) is 26.2. The van der Waals surface area contributed by atoms with E-state index in [0.29, 0.717) is 39.3 Å². The van der Waals surface area contributed by atoms with Crippen molar-refractivity contribution in [1.29, 1.82) is 0 Å². The van der Waals surface area contributed by atoms with Crippen LogP contribution in [0.4, 0.5) is 5.69 Å². The molecule has 10 heteroatoms. The number of carbonyl (C=O) groups excluding carboxylic acids is 1.